The smallest absolute Gasteiger partial charge is 0.170 e. The Balaban J connectivity index is 2.05. The first-order valence-corrected chi connectivity index (χ1v) is 6.88. The summed E-state index contributed by atoms with van der Waals surface area (Å²) in [6.07, 6.45) is 0. The highest BCUT2D eigenvalue weighted by atomic mass is 32.2. The van der Waals surface area contributed by atoms with Crippen LogP contribution in [0.2, 0.25) is 0 Å². The van der Waals surface area contributed by atoms with Gasteiger partial charge in [-0.05, 0) is 25.4 Å². The quantitative estimate of drug-likeness (QED) is 0.857. The Morgan fingerprint density at radius 3 is 2.76 bits per heavy atom. The van der Waals surface area contributed by atoms with E-state index in [1.54, 1.807) is 11.8 Å². The highest BCUT2D eigenvalue weighted by Gasteiger charge is 2.05. The number of hydrogen-bond acceptors (Lipinski definition) is 7. The summed E-state index contributed by atoms with van der Waals surface area (Å²) in [6.45, 7) is 3.86. The lowest BCUT2D eigenvalue weighted by molar-refractivity contribution is 0.994. The molecule has 0 saturated carbocycles. The molecular weight excluding hydrogens is 254 g/mol. The third kappa shape index (κ3) is 3.37. The minimum Gasteiger partial charge on any atom is -0.373 e. The first kappa shape index (κ1) is 12.3. The fraction of sp³-hybridized carbons (Fsp3) is 0.400. The van der Waals surface area contributed by atoms with Crippen LogP contribution in [-0.2, 0) is 5.75 Å². The van der Waals surface area contributed by atoms with Crippen LogP contribution >= 0.6 is 23.3 Å². The molecule has 0 aliphatic rings. The molecule has 2 aromatic heterocycles. The van der Waals surface area contributed by atoms with Gasteiger partial charge in [-0.3, -0.25) is 0 Å². The molecule has 2 heterocycles. The van der Waals surface area contributed by atoms with E-state index >= 15 is 0 Å². The van der Waals surface area contributed by atoms with Gasteiger partial charge in [-0.1, -0.05) is 11.8 Å². The molecule has 0 unspecified atom stereocenters. The number of thioether (sulfide) groups is 1. The van der Waals surface area contributed by atoms with Gasteiger partial charge in [-0.15, -0.1) is 0 Å². The van der Waals surface area contributed by atoms with Crippen molar-refractivity contribution < 1.29 is 0 Å². The summed E-state index contributed by atoms with van der Waals surface area (Å²) in [6, 6.07) is 1.92. The number of aryl methyl sites for hydroxylation is 2. The van der Waals surface area contributed by atoms with Crippen LogP contribution in [0.15, 0.2) is 10.4 Å². The van der Waals surface area contributed by atoms with Crippen molar-refractivity contribution in [2.75, 3.05) is 12.4 Å². The molecule has 0 atom stereocenters. The lowest BCUT2D eigenvalue weighted by Gasteiger charge is -2.03. The normalized spacial score (nSPS) is 10.5. The molecule has 0 radical (unpaired) electrons. The van der Waals surface area contributed by atoms with Gasteiger partial charge in [0.1, 0.15) is 17.5 Å². The molecular formula is C10H13N5S2. The van der Waals surface area contributed by atoms with Gasteiger partial charge in [0.25, 0.3) is 0 Å². The van der Waals surface area contributed by atoms with E-state index < -0.39 is 0 Å². The zero-order valence-electron chi connectivity index (χ0n) is 9.89. The van der Waals surface area contributed by atoms with Crippen molar-refractivity contribution in [1.82, 2.24) is 19.3 Å². The van der Waals surface area contributed by atoms with Crippen molar-refractivity contribution in [2.45, 2.75) is 23.9 Å². The summed E-state index contributed by atoms with van der Waals surface area (Å²) in [7, 11) is 1.85. The highest BCUT2D eigenvalue weighted by Crippen LogP contribution is 2.23. The van der Waals surface area contributed by atoms with Gasteiger partial charge in [0.15, 0.2) is 4.34 Å². The van der Waals surface area contributed by atoms with Crippen molar-refractivity contribution in [3.8, 4) is 0 Å². The van der Waals surface area contributed by atoms with Crippen LogP contribution in [0.3, 0.4) is 0 Å². The predicted molar refractivity (Wildman–Crippen MR) is 70.5 cm³/mol. The van der Waals surface area contributed by atoms with E-state index in [2.05, 4.69) is 24.6 Å². The minimum absolute atomic E-state index is 0.713. The molecule has 0 aromatic carbocycles. The lowest BCUT2D eigenvalue weighted by atomic mass is 10.4. The monoisotopic (exact) mass is 267 g/mol. The Morgan fingerprint density at radius 1 is 1.29 bits per heavy atom. The van der Waals surface area contributed by atoms with Crippen LogP contribution in [0.25, 0.3) is 0 Å². The first-order valence-electron chi connectivity index (χ1n) is 5.13. The zero-order chi connectivity index (χ0) is 12.3. The molecule has 1 N–H and O–H groups in total. The fourth-order valence-electron chi connectivity index (χ4n) is 1.29. The second kappa shape index (κ2) is 5.42. The Labute approximate surface area is 108 Å². The molecule has 0 fully saturated rings. The van der Waals surface area contributed by atoms with Crippen LogP contribution in [0, 0.1) is 13.8 Å². The summed E-state index contributed by atoms with van der Waals surface area (Å²) in [5.41, 5.74) is 0.966. The second-order valence-electron chi connectivity index (χ2n) is 3.46. The lowest BCUT2D eigenvalue weighted by Crippen LogP contribution is -2.00. The second-order valence-corrected chi connectivity index (χ2v) is 5.43. The molecule has 0 bridgehead atoms. The number of rotatable bonds is 4. The van der Waals surface area contributed by atoms with Crippen LogP contribution < -0.4 is 5.32 Å². The largest absolute Gasteiger partial charge is 0.373 e. The van der Waals surface area contributed by atoms with Gasteiger partial charge in [-0.25, -0.2) is 15.0 Å². The predicted octanol–water partition coefficient (Wildman–Crippen LogP) is 2.28. The molecule has 2 rings (SSSR count). The Morgan fingerprint density at radius 2 is 2.12 bits per heavy atom. The van der Waals surface area contributed by atoms with Gasteiger partial charge in [0, 0.05) is 18.8 Å². The van der Waals surface area contributed by atoms with Gasteiger partial charge in [0.2, 0.25) is 0 Å². The maximum atomic E-state index is 4.39. The molecule has 0 aliphatic carbocycles. The van der Waals surface area contributed by atoms with E-state index in [1.807, 2.05) is 27.0 Å². The number of hydrogen-bond donors (Lipinski definition) is 1. The third-order valence-electron chi connectivity index (χ3n) is 1.99. The van der Waals surface area contributed by atoms with E-state index in [4.69, 9.17) is 0 Å². The number of anilines is 1. The SMILES string of the molecule is CNc1cc(C)nc(CSc2nc(C)ns2)n1. The van der Waals surface area contributed by atoms with Gasteiger partial charge >= 0.3 is 0 Å². The highest BCUT2D eigenvalue weighted by molar-refractivity contribution is 8.00. The van der Waals surface area contributed by atoms with Crippen molar-refractivity contribution in [2.24, 2.45) is 0 Å². The number of nitrogens with zero attached hydrogens (tertiary/aromatic N) is 4. The summed E-state index contributed by atoms with van der Waals surface area (Å²) in [5, 5.41) is 3.02. The summed E-state index contributed by atoms with van der Waals surface area (Å²) in [4.78, 5) is 13.1. The first-order chi connectivity index (χ1) is 8.17. The Bertz CT molecular complexity index is 511. The van der Waals surface area contributed by atoms with Gasteiger partial charge < -0.3 is 5.32 Å². The molecule has 0 amide bonds. The molecule has 0 saturated heterocycles. The minimum atomic E-state index is 0.713. The fourth-order valence-corrected chi connectivity index (χ4v) is 2.79. The van der Waals surface area contributed by atoms with E-state index in [9.17, 15) is 0 Å². The average Bonchev–Trinajstić information content (AvgIpc) is 2.72. The average molecular weight is 267 g/mol. The van der Waals surface area contributed by atoms with Crippen molar-refractivity contribution in [1.29, 1.82) is 0 Å². The molecule has 7 heteroatoms. The van der Waals surface area contributed by atoms with Crippen LogP contribution in [0.1, 0.15) is 17.3 Å². The van der Waals surface area contributed by atoms with E-state index in [0.717, 1.165) is 27.5 Å². The molecule has 17 heavy (non-hydrogen) atoms. The van der Waals surface area contributed by atoms with Crippen molar-refractivity contribution in [3.63, 3.8) is 0 Å². The van der Waals surface area contributed by atoms with E-state index in [1.165, 1.54) is 11.5 Å². The maximum absolute atomic E-state index is 4.39. The summed E-state index contributed by atoms with van der Waals surface area (Å²) < 4.78 is 5.09. The number of aromatic nitrogens is 4. The molecule has 5 nitrogen and oxygen atoms in total. The molecule has 90 valence electrons. The summed E-state index contributed by atoms with van der Waals surface area (Å²) >= 11 is 3.03. The van der Waals surface area contributed by atoms with Crippen LogP contribution in [0.5, 0.6) is 0 Å². The molecule has 0 aliphatic heterocycles. The van der Waals surface area contributed by atoms with Crippen molar-refractivity contribution in [3.05, 3.63) is 23.4 Å². The van der Waals surface area contributed by atoms with Crippen LogP contribution in [-0.4, -0.2) is 26.4 Å². The number of nitrogens with one attached hydrogen (secondary N) is 1. The third-order valence-corrected chi connectivity index (χ3v) is 3.91. The Kier molecular flexibility index (Phi) is 3.90. The topological polar surface area (TPSA) is 63.6 Å². The van der Waals surface area contributed by atoms with Crippen LogP contribution in [0.4, 0.5) is 5.82 Å². The van der Waals surface area contributed by atoms with E-state index in [0.29, 0.717) is 5.75 Å². The van der Waals surface area contributed by atoms with Gasteiger partial charge in [-0.2, -0.15) is 4.37 Å². The molecule has 0 spiro atoms. The van der Waals surface area contributed by atoms with Crippen molar-refractivity contribution >= 4 is 29.1 Å². The standard InChI is InChI=1S/C10H13N5S2/c1-6-4-8(11-3)14-9(12-6)5-16-10-13-7(2)15-17-10/h4H,5H2,1-3H3,(H,11,12,14). The van der Waals surface area contributed by atoms with Gasteiger partial charge in [0.05, 0.1) is 5.75 Å². The maximum Gasteiger partial charge on any atom is 0.170 e. The molecule has 2 aromatic rings. The zero-order valence-corrected chi connectivity index (χ0v) is 11.5. The Hall–Kier alpha value is -1.21. The van der Waals surface area contributed by atoms with E-state index in [-0.39, 0.29) is 0 Å². The summed E-state index contributed by atoms with van der Waals surface area (Å²) in [5.74, 6) is 3.19.